The van der Waals surface area contributed by atoms with Gasteiger partial charge in [-0.1, -0.05) is 13.8 Å². The van der Waals surface area contributed by atoms with Crippen molar-refractivity contribution in [3.63, 3.8) is 0 Å². The number of fused-ring (bicyclic) bond motifs is 1. The third-order valence-electron chi connectivity index (χ3n) is 6.05. The van der Waals surface area contributed by atoms with E-state index in [4.69, 9.17) is 4.98 Å². The molecule has 27 heavy (non-hydrogen) atoms. The molecule has 6 nitrogen and oxygen atoms in total. The van der Waals surface area contributed by atoms with Crippen LogP contribution in [0.25, 0.3) is 0 Å². The molecule has 1 unspecified atom stereocenters. The summed E-state index contributed by atoms with van der Waals surface area (Å²) in [6.07, 6.45) is 5.01. The van der Waals surface area contributed by atoms with Crippen LogP contribution in [0.2, 0.25) is 0 Å². The van der Waals surface area contributed by atoms with Crippen LogP contribution in [-0.4, -0.2) is 65.9 Å². The quantitative estimate of drug-likeness (QED) is 0.794. The summed E-state index contributed by atoms with van der Waals surface area (Å²) in [5.74, 6) is 0.809. The van der Waals surface area contributed by atoms with Gasteiger partial charge in [0.1, 0.15) is 0 Å². The summed E-state index contributed by atoms with van der Waals surface area (Å²) >= 11 is 1.76. The smallest absolute Gasteiger partial charge is 0.226 e. The minimum absolute atomic E-state index is 0.0637. The topological polar surface area (TPSA) is 56.8 Å². The SMILES string of the molecule is CC(C)C(=O)N1CCN(c2nc3c(s2)CC(C(=O)N2CCCC2)CC3)CC1. The molecular weight excluding hydrogens is 360 g/mol. The van der Waals surface area contributed by atoms with Gasteiger partial charge in [0, 0.05) is 56.0 Å². The lowest BCUT2D eigenvalue weighted by Crippen LogP contribution is -2.49. The maximum Gasteiger partial charge on any atom is 0.226 e. The highest BCUT2D eigenvalue weighted by molar-refractivity contribution is 7.15. The van der Waals surface area contributed by atoms with Crippen LogP contribution in [0.1, 0.15) is 43.7 Å². The molecule has 4 rings (SSSR count). The van der Waals surface area contributed by atoms with Crippen LogP contribution in [0.4, 0.5) is 5.13 Å². The van der Waals surface area contributed by atoms with Gasteiger partial charge in [0.15, 0.2) is 5.13 Å². The summed E-state index contributed by atoms with van der Waals surface area (Å²) in [6.45, 7) is 9.05. The lowest BCUT2D eigenvalue weighted by molar-refractivity contribution is -0.135. The molecular formula is C20H30N4O2S. The first-order valence-electron chi connectivity index (χ1n) is 10.3. The van der Waals surface area contributed by atoms with Crippen molar-refractivity contribution in [2.24, 2.45) is 11.8 Å². The monoisotopic (exact) mass is 390 g/mol. The van der Waals surface area contributed by atoms with Crippen molar-refractivity contribution in [2.75, 3.05) is 44.2 Å². The van der Waals surface area contributed by atoms with Gasteiger partial charge >= 0.3 is 0 Å². The van der Waals surface area contributed by atoms with Crippen molar-refractivity contribution in [3.05, 3.63) is 10.6 Å². The van der Waals surface area contributed by atoms with E-state index >= 15 is 0 Å². The van der Waals surface area contributed by atoms with Gasteiger partial charge < -0.3 is 14.7 Å². The first-order valence-corrected chi connectivity index (χ1v) is 11.2. The zero-order chi connectivity index (χ0) is 19.0. The average Bonchev–Trinajstić information content (AvgIpc) is 3.36. The van der Waals surface area contributed by atoms with Crippen LogP contribution in [0.15, 0.2) is 0 Å². The number of amides is 2. The number of piperazine rings is 1. The Morgan fingerprint density at radius 1 is 1.04 bits per heavy atom. The molecule has 2 fully saturated rings. The minimum Gasteiger partial charge on any atom is -0.345 e. The summed E-state index contributed by atoms with van der Waals surface area (Å²) in [6, 6.07) is 0. The molecule has 1 aliphatic carbocycles. The Bertz CT molecular complexity index is 703. The second kappa shape index (κ2) is 7.78. The summed E-state index contributed by atoms with van der Waals surface area (Å²) < 4.78 is 0. The predicted molar refractivity (Wildman–Crippen MR) is 107 cm³/mol. The molecule has 3 heterocycles. The van der Waals surface area contributed by atoms with E-state index in [2.05, 4.69) is 9.80 Å². The van der Waals surface area contributed by atoms with Crippen LogP contribution in [-0.2, 0) is 22.4 Å². The fraction of sp³-hybridized carbons (Fsp3) is 0.750. The Balaban J connectivity index is 1.37. The van der Waals surface area contributed by atoms with Crippen LogP contribution >= 0.6 is 11.3 Å². The first kappa shape index (κ1) is 18.7. The summed E-state index contributed by atoms with van der Waals surface area (Å²) in [4.78, 5) is 37.4. The zero-order valence-corrected chi connectivity index (χ0v) is 17.3. The number of likely N-dealkylation sites (tertiary alicyclic amines) is 1. The molecule has 0 radical (unpaired) electrons. The Hall–Kier alpha value is -1.63. The molecule has 0 aromatic carbocycles. The van der Waals surface area contributed by atoms with E-state index in [1.165, 1.54) is 10.6 Å². The largest absolute Gasteiger partial charge is 0.345 e. The van der Waals surface area contributed by atoms with Crippen molar-refractivity contribution in [3.8, 4) is 0 Å². The molecule has 1 aromatic heterocycles. The van der Waals surface area contributed by atoms with Gasteiger partial charge in [0.25, 0.3) is 0 Å². The molecule has 0 saturated carbocycles. The third kappa shape index (κ3) is 3.84. The number of carbonyl (C=O) groups excluding carboxylic acids is 2. The molecule has 0 N–H and O–H groups in total. The number of carbonyl (C=O) groups is 2. The van der Waals surface area contributed by atoms with Gasteiger partial charge in [-0.2, -0.15) is 0 Å². The number of nitrogens with zero attached hydrogens (tertiary/aromatic N) is 4. The van der Waals surface area contributed by atoms with Crippen LogP contribution < -0.4 is 4.90 Å². The van der Waals surface area contributed by atoms with Crippen molar-refractivity contribution in [2.45, 2.75) is 46.0 Å². The van der Waals surface area contributed by atoms with Crippen molar-refractivity contribution in [1.29, 1.82) is 0 Å². The summed E-state index contributed by atoms with van der Waals surface area (Å²) in [7, 11) is 0. The van der Waals surface area contributed by atoms with Crippen LogP contribution in [0.3, 0.4) is 0 Å². The molecule has 1 aromatic rings. The average molecular weight is 391 g/mol. The van der Waals surface area contributed by atoms with E-state index in [1.807, 2.05) is 18.7 Å². The lowest BCUT2D eigenvalue weighted by Gasteiger charge is -2.35. The van der Waals surface area contributed by atoms with Gasteiger partial charge in [0.05, 0.1) is 5.69 Å². The highest BCUT2D eigenvalue weighted by atomic mass is 32.1. The molecule has 2 amide bonds. The first-order chi connectivity index (χ1) is 13.0. The molecule has 1 atom stereocenters. The Kier molecular flexibility index (Phi) is 5.39. The number of aryl methyl sites for hydroxylation is 1. The van der Waals surface area contributed by atoms with Crippen LogP contribution in [0.5, 0.6) is 0 Å². The van der Waals surface area contributed by atoms with Crippen LogP contribution in [0, 0.1) is 11.8 Å². The number of anilines is 1. The van der Waals surface area contributed by atoms with Crippen molar-refractivity contribution < 1.29 is 9.59 Å². The zero-order valence-electron chi connectivity index (χ0n) is 16.4. The number of thiazole rings is 1. The number of rotatable bonds is 3. The van der Waals surface area contributed by atoms with Gasteiger partial charge in [-0.05, 0) is 32.1 Å². The molecule has 0 spiro atoms. The lowest BCUT2D eigenvalue weighted by atomic mass is 9.90. The summed E-state index contributed by atoms with van der Waals surface area (Å²) in [5.41, 5.74) is 1.20. The minimum atomic E-state index is 0.0637. The van der Waals surface area contributed by atoms with Gasteiger partial charge in [0.2, 0.25) is 11.8 Å². The highest BCUT2D eigenvalue weighted by Crippen LogP contribution is 2.35. The van der Waals surface area contributed by atoms with Gasteiger partial charge in [-0.15, -0.1) is 11.3 Å². The highest BCUT2D eigenvalue weighted by Gasteiger charge is 2.32. The Morgan fingerprint density at radius 2 is 1.74 bits per heavy atom. The fourth-order valence-corrected chi connectivity index (χ4v) is 5.62. The van der Waals surface area contributed by atoms with E-state index in [-0.39, 0.29) is 17.7 Å². The summed E-state index contributed by atoms with van der Waals surface area (Å²) in [5, 5.41) is 1.07. The molecule has 2 saturated heterocycles. The van der Waals surface area contributed by atoms with E-state index < -0.39 is 0 Å². The molecule has 7 heteroatoms. The Morgan fingerprint density at radius 3 is 2.41 bits per heavy atom. The predicted octanol–water partition coefficient (Wildman–Crippen LogP) is 2.18. The van der Waals surface area contributed by atoms with Crippen molar-refractivity contribution in [1.82, 2.24) is 14.8 Å². The van der Waals surface area contributed by atoms with Crippen molar-refractivity contribution >= 4 is 28.3 Å². The van der Waals surface area contributed by atoms with E-state index in [1.54, 1.807) is 11.3 Å². The maximum atomic E-state index is 12.7. The van der Waals surface area contributed by atoms with Gasteiger partial charge in [-0.25, -0.2) is 4.98 Å². The van der Waals surface area contributed by atoms with E-state index in [0.29, 0.717) is 5.91 Å². The molecule has 3 aliphatic rings. The number of hydrogen-bond donors (Lipinski definition) is 0. The molecule has 148 valence electrons. The fourth-order valence-electron chi connectivity index (χ4n) is 4.39. The number of aromatic nitrogens is 1. The second-order valence-electron chi connectivity index (χ2n) is 8.31. The third-order valence-corrected chi connectivity index (χ3v) is 7.23. The van der Waals surface area contributed by atoms with E-state index in [9.17, 15) is 9.59 Å². The standard InChI is InChI=1S/C20H30N4O2S/c1-14(2)18(25)23-9-11-24(12-10-23)20-21-16-6-5-15(13-17(16)27-20)19(26)22-7-3-4-8-22/h14-15H,3-13H2,1-2H3. The normalized spacial score (nSPS) is 23.1. The molecule has 2 aliphatic heterocycles. The Labute approximate surface area is 165 Å². The van der Waals surface area contributed by atoms with Gasteiger partial charge in [-0.3, -0.25) is 9.59 Å². The number of hydrogen-bond acceptors (Lipinski definition) is 5. The second-order valence-corrected chi connectivity index (χ2v) is 9.37. The maximum absolute atomic E-state index is 12.7. The van der Waals surface area contributed by atoms with E-state index in [0.717, 1.165) is 76.5 Å². The molecule has 0 bridgehead atoms.